The third kappa shape index (κ3) is 3.40. The zero-order valence-corrected chi connectivity index (χ0v) is 16.8. The van der Waals surface area contributed by atoms with E-state index in [0.29, 0.717) is 5.92 Å². The molecule has 0 unspecified atom stereocenters. The van der Waals surface area contributed by atoms with E-state index in [4.69, 9.17) is 4.98 Å². The lowest BCUT2D eigenvalue weighted by molar-refractivity contribution is 0.102. The number of hydrogen-bond acceptors (Lipinski definition) is 3. The van der Waals surface area contributed by atoms with Crippen molar-refractivity contribution in [2.24, 2.45) is 0 Å². The molecule has 1 aliphatic heterocycles. The molecule has 1 amide bonds. The first-order valence-electron chi connectivity index (χ1n) is 10.1. The quantitative estimate of drug-likeness (QED) is 0.701. The third-order valence-corrected chi connectivity index (χ3v) is 5.63. The zero-order chi connectivity index (χ0) is 19.7. The molecule has 1 N–H and O–H groups in total. The summed E-state index contributed by atoms with van der Waals surface area (Å²) in [6, 6.07) is 16.0. The molecule has 0 fully saturated rings. The van der Waals surface area contributed by atoms with E-state index in [1.165, 1.54) is 0 Å². The van der Waals surface area contributed by atoms with Crippen LogP contribution in [0.4, 0.5) is 5.69 Å². The van der Waals surface area contributed by atoms with Gasteiger partial charge < -0.3 is 5.32 Å². The van der Waals surface area contributed by atoms with Crippen molar-refractivity contribution in [3.8, 4) is 0 Å². The first-order valence-corrected chi connectivity index (χ1v) is 10.1. The molecule has 0 saturated heterocycles. The van der Waals surface area contributed by atoms with Crippen LogP contribution in [0.2, 0.25) is 0 Å². The van der Waals surface area contributed by atoms with Gasteiger partial charge in [0.15, 0.2) is 0 Å². The Bertz CT molecular complexity index is 1030. The van der Waals surface area contributed by atoms with Crippen LogP contribution in [0, 0.1) is 0 Å². The van der Waals surface area contributed by atoms with Crippen LogP contribution in [-0.2, 0) is 13.0 Å². The molecule has 1 aliphatic rings. The van der Waals surface area contributed by atoms with Gasteiger partial charge in [-0.2, -0.15) is 0 Å². The number of pyridine rings is 1. The van der Waals surface area contributed by atoms with Gasteiger partial charge >= 0.3 is 0 Å². The highest BCUT2D eigenvalue weighted by atomic mass is 16.1. The second-order valence-electron chi connectivity index (χ2n) is 7.74. The first-order chi connectivity index (χ1) is 13.6. The molecule has 0 radical (unpaired) electrons. The maximum absolute atomic E-state index is 13.5. The predicted octanol–water partition coefficient (Wildman–Crippen LogP) is 4.99. The van der Waals surface area contributed by atoms with Crippen LogP contribution in [0.3, 0.4) is 0 Å². The van der Waals surface area contributed by atoms with Crippen LogP contribution in [0.5, 0.6) is 0 Å². The Hall–Kier alpha value is -2.72. The van der Waals surface area contributed by atoms with Crippen molar-refractivity contribution in [2.75, 3.05) is 18.4 Å². The second kappa shape index (κ2) is 7.72. The lowest BCUT2D eigenvalue weighted by Crippen LogP contribution is -2.33. The highest BCUT2D eigenvalue weighted by Crippen LogP contribution is 2.30. The minimum Gasteiger partial charge on any atom is -0.322 e. The van der Waals surface area contributed by atoms with Gasteiger partial charge in [0, 0.05) is 41.8 Å². The van der Waals surface area contributed by atoms with Gasteiger partial charge in [-0.05, 0) is 30.2 Å². The summed E-state index contributed by atoms with van der Waals surface area (Å²) >= 11 is 0. The number of likely N-dealkylation sites (N-methyl/N-ethyl adjacent to an activating group) is 1. The molecule has 4 rings (SSSR count). The minimum absolute atomic E-state index is 0.0408. The number of fused-ring (bicyclic) bond motifs is 2. The number of nitrogens with zero attached hydrogens (tertiary/aromatic N) is 2. The number of carbonyl (C=O) groups is 1. The fraction of sp³-hybridized carbons (Fsp3) is 0.333. The van der Waals surface area contributed by atoms with Crippen LogP contribution in [0.1, 0.15) is 53.9 Å². The van der Waals surface area contributed by atoms with E-state index in [1.54, 1.807) is 0 Å². The highest BCUT2D eigenvalue weighted by Gasteiger charge is 2.25. The number of hydrogen-bond donors (Lipinski definition) is 1. The Morgan fingerprint density at radius 2 is 1.89 bits per heavy atom. The van der Waals surface area contributed by atoms with Gasteiger partial charge in [0.25, 0.3) is 5.91 Å². The number of nitrogens with one attached hydrogen (secondary N) is 1. The molecule has 2 aromatic carbocycles. The molecule has 0 saturated carbocycles. The Labute approximate surface area is 166 Å². The first kappa shape index (κ1) is 18.6. The molecule has 4 heteroatoms. The number of benzene rings is 2. The topological polar surface area (TPSA) is 45.2 Å². The van der Waals surface area contributed by atoms with E-state index in [0.717, 1.165) is 65.0 Å². The van der Waals surface area contributed by atoms with E-state index >= 15 is 0 Å². The summed E-state index contributed by atoms with van der Waals surface area (Å²) in [7, 11) is 0. The average Bonchev–Trinajstić information content (AvgIpc) is 2.71. The normalized spacial score (nSPS) is 14.3. The minimum atomic E-state index is -0.0408. The maximum Gasteiger partial charge on any atom is 0.256 e. The molecule has 1 aromatic heterocycles. The number of para-hydroxylation sites is 2. The molecule has 2 heterocycles. The summed E-state index contributed by atoms with van der Waals surface area (Å²) in [6.45, 7) is 9.20. The Morgan fingerprint density at radius 1 is 1.14 bits per heavy atom. The van der Waals surface area contributed by atoms with Gasteiger partial charge in [-0.25, -0.2) is 0 Å². The summed E-state index contributed by atoms with van der Waals surface area (Å²) in [4.78, 5) is 20.8. The molecule has 4 nitrogen and oxygen atoms in total. The second-order valence-corrected chi connectivity index (χ2v) is 7.74. The largest absolute Gasteiger partial charge is 0.322 e. The van der Waals surface area contributed by atoms with Gasteiger partial charge in [0.05, 0.1) is 11.1 Å². The van der Waals surface area contributed by atoms with Crippen molar-refractivity contribution in [3.05, 3.63) is 70.9 Å². The van der Waals surface area contributed by atoms with Gasteiger partial charge in [-0.15, -0.1) is 0 Å². The van der Waals surface area contributed by atoms with Crippen LogP contribution in [-0.4, -0.2) is 28.9 Å². The molecular weight excluding hydrogens is 346 g/mol. The Balaban J connectivity index is 1.82. The summed E-state index contributed by atoms with van der Waals surface area (Å²) in [5.41, 5.74) is 5.85. The van der Waals surface area contributed by atoms with Crippen LogP contribution >= 0.6 is 0 Å². The van der Waals surface area contributed by atoms with Crippen molar-refractivity contribution in [1.82, 2.24) is 9.88 Å². The molecule has 144 valence electrons. The number of aromatic nitrogens is 1. The summed E-state index contributed by atoms with van der Waals surface area (Å²) in [5.74, 6) is 0.302. The van der Waals surface area contributed by atoms with Crippen molar-refractivity contribution in [2.45, 2.75) is 39.7 Å². The van der Waals surface area contributed by atoms with Crippen LogP contribution < -0.4 is 5.32 Å². The predicted molar refractivity (Wildman–Crippen MR) is 115 cm³/mol. The van der Waals surface area contributed by atoms with Gasteiger partial charge in [-0.1, -0.05) is 57.2 Å². The highest BCUT2D eigenvalue weighted by molar-refractivity contribution is 6.13. The lowest BCUT2D eigenvalue weighted by atomic mass is 9.94. The molecule has 28 heavy (non-hydrogen) atoms. The van der Waals surface area contributed by atoms with E-state index in [9.17, 15) is 4.79 Å². The van der Waals surface area contributed by atoms with Crippen molar-refractivity contribution in [1.29, 1.82) is 0 Å². The van der Waals surface area contributed by atoms with E-state index in [-0.39, 0.29) is 5.91 Å². The smallest absolute Gasteiger partial charge is 0.256 e. The fourth-order valence-corrected chi connectivity index (χ4v) is 4.07. The maximum atomic E-state index is 13.5. The number of rotatable bonds is 4. The number of anilines is 1. The van der Waals surface area contributed by atoms with E-state index in [2.05, 4.69) is 37.1 Å². The van der Waals surface area contributed by atoms with Crippen molar-refractivity contribution >= 4 is 22.5 Å². The van der Waals surface area contributed by atoms with Gasteiger partial charge in [0.1, 0.15) is 0 Å². The van der Waals surface area contributed by atoms with Crippen molar-refractivity contribution < 1.29 is 4.79 Å². The van der Waals surface area contributed by atoms with E-state index in [1.807, 2.05) is 42.5 Å². The Morgan fingerprint density at radius 3 is 2.68 bits per heavy atom. The molecule has 3 aromatic rings. The van der Waals surface area contributed by atoms with Gasteiger partial charge in [-0.3, -0.25) is 14.7 Å². The zero-order valence-electron chi connectivity index (χ0n) is 16.8. The third-order valence-electron chi connectivity index (χ3n) is 5.63. The van der Waals surface area contributed by atoms with E-state index < -0.39 is 0 Å². The summed E-state index contributed by atoms with van der Waals surface area (Å²) in [6.07, 6.45) is 0.886. The molecule has 0 spiro atoms. The molecular formula is C24H27N3O. The number of amides is 1. The summed E-state index contributed by atoms with van der Waals surface area (Å²) < 4.78 is 0. The summed E-state index contributed by atoms with van der Waals surface area (Å²) in [5, 5.41) is 4.13. The SMILES string of the molecule is CCN1CCc2nc3ccccc3c(C(=O)Nc3ccccc3C(C)C)c2C1. The monoisotopic (exact) mass is 373 g/mol. The number of carbonyl (C=O) groups excluding carboxylic acids is 1. The van der Waals surface area contributed by atoms with Crippen molar-refractivity contribution in [3.63, 3.8) is 0 Å². The molecule has 0 atom stereocenters. The molecule has 0 bridgehead atoms. The van der Waals surface area contributed by atoms with Crippen LogP contribution in [0.25, 0.3) is 10.9 Å². The average molecular weight is 374 g/mol. The van der Waals surface area contributed by atoms with Gasteiger partial charge in [0.2, 0.25) is 0 Å². The molecule has 0 aliphatic carbocycles. The standard InChI is InChI=1S/C24H27N3O/c1-4-27-14-13-22-19(15-27)23(18-10-6-8-12-21(18)25-22)24(28)26-20-11-7-5-9-17(20)16(2)3/h5-12,16H,4,13-15H2,1-3H3,(H,26,28). The van der Waals surface area contributed by atoms with Crippen LogP contribution in [0.15, 0.2) is 48.5 Å². The lowest BCUT2D eigenvalue weighted by Gasteiger charge is -2.29. The Kier molecular flexibility index (Phi) is 5.14. The fourth-order valence-electron chi connectivity index (χ4n) is 4.07.